The van der Waals surface area contributed by atoms with Gasteiger partial charge in [0.05, 0.1) is 5.56 Å². The Morgan fingerprint density at radius 2 is 1.91 bits per heavy atom. The molecule has 3 rings (SSSR count). The van der Waals surface area contributed by atoms with Gasteiger partial charge in [-0.2, -0.15) is 0 Å². The Hall–Kier alpha value is -2.36. The number of aryl methyl sites for hydroxylation is 1. The van der Waals surface area contributed by atoms with Gasteiger partial charge < -0.3 is 9.30 Å². The maximum Gasteiger partial charge on any atom is 0.340 e. The summed E-state index contributed by atoms with van der Waals surface area (Å²) in [7, 11) is 0. The van der Waals surface area contributed by atoms with Crippen LogP contribution in [-0.2, 0) is 9.53 Å². The van der Waals surface area contributed by atoms with Crippen molar-refractivity contribution < 1.29 is 14.3 Å². The minimum absolute atomic E-state index is 0.0430. The molecule has 1 atom stereocenters. The molecule has 1 aromatic heterocycles. The number of aromatic nitrogens is 1. The topological polar surface area (TPSA) is 48.3 Å². The fourth-order valence-electron chi connectivity index (χ4n) is 3.21. The summed E-state index contributed by atoms with van der Waals surface area (Å²) in [5.74, 6) is -0.359. The molecule has 0 saturated heterocycles. The maximum atomic E-state index is 12.5. The number of para-hydroxylation sites is 1. The van der Waals surface area contributed by atoms with Crippen LogP contribution in [0, 0.1) is 13.8 Å². The Morgan fingerprint density at radius 1 is 1.17 bits per heavy atom. The van der Waals surface area contributed by atoms with Crippen LogP contribution in [-0.4, -0.2) is 22.4 Å². The summed E-state index contributed by atoms with van der Waals surface area (Å²) in [4.78, 5) is 24.3. The Balaban J connectivity index is 1.86. The lowest BCUT2D eigenvalue weighted by molar-refractivity contribution is -0.129. The van der Waals surface area contributed by atoms with Crippen molar-refractivity contribution in [3.63, 3.8) is 0 Å². The predicted molar refractivity (Wildman–Crippen MR) is 87.9 cm³/mol. The molecule has 1 heterocycles. The molecule has 0 unspecified atom stereocenters. The number of ether oxygens (including phenoxy) is 1. The van der Waals surface area contributed by atoms with Crippen LogP contribution in [0.5, 0.6) is 0 Å². The van der Waals surface area contributed by atoms with Crippen LogP contribution < -0.4 is 0 Å². The first kappa shape index (κ1) is 15.5. The quantitative estimate of drug-likeness (QED) is 0.811. The molecule has 23 heavy (non-hydrogen) atoms. The van der Waals surface area contributed by atoms with Crippen LogP contribution in [0.15, 0.2) is 36.4 Å². The minimum atomic E-state index is -0.573. The second-order valence-electron chi connectivity index (χ2n) is 6.06. The summed E-state index contributed by atoms with van der Waals surface area (Å²) < 4.78 is 7.50. The SMILES string of the molecule is Cc1cc(C(=O)O[C@@H]2CCCCC2=O)c(C)n1-c1ccccc1. The summed E-state index contributed by atoms with van der Waals surface area (Å²) in [6, 6.07) is 11.7. The molecule has 0 radical (unpaired) electrons. The van der Waals surface area contributed by atoms with Crippen molar-refractivity contribution in [1.82, 2.24) is 4.57 Å². The van der Waals surface area contributed by atoms with Crippen molar-refractivity contribution in [2.75, 3.05) is 0 Å². The first-order chi connectivity index (χ1) is 11.1. The number of rotatable bonds is 3. The van der Waals surface area contributed by atoms with E-state index in [1.807, 2.05) is 54.8 Å². The van der Waals surface area contributed by atoms with Crippen molar-refractivity contribution in [2.45, 2.75) is 45.6 Å². The molecule has 4 heteroatoms. The zero-order valence-corrected chi connectivity index (χ0v) is 13.5. The Labute approximate surface area is 136 Å². The van der Waals surface area contributed by atoms with Gasteiger partial charge in [-0.05, 0) is 51.3 Å². The van der Waals surface area contributed by atoms with Gasteiger partial charge in [0.2, 0.25) is 0 Å². The molecule has 0 bridgehead atoms. The van der Waals surface area contributed by atoms with Gasteiger partial charge >= 0.3 is 5.97 Å². The molecule has 0 amide bonds. The van der Waals surface area contributed by atoms with Gasteiger partial charge in [0, 0.05) is 23.5 Å². The number of carbonyl (C=O) groups excluding carboxylic acids is 2. The molecule has 1 aliphatic rings. The van der Waals surface area contributed by atoms with Crippen LogP contribution in [0.4, 0.5) is 0 Å². The van der Waals surface area contributed by atoms with Crippen LogP contribution in [0.25, 0.3) is 5.69 Å². The number of ketones is 1. The molecule has 1 aromatic carbocycles. The maximum absolute atomic E-state index is 12.5. The van der Waals surface area contributed by atoms with Crippen molar-refractivity contribution in [1.29, 1.82) is 0 Å². The Kier molecular flexibility index (Phi) is 4.33. The van der Waals surface area contributed by atoms with E-state index in [1.54, 1.807) is 0 Å². The van der Waals surface area contributed by atoms with E-state index in [0.29, 0.717) is 18.4 Å². The average Bonchev–Trinajstić information content (AvgIpc) is 2.85. The molecule has 2 aromatic rings. The highest BCUT2D eigenvalue weighted by atomic mass is 16.5. The van der Waals surface area contributed by atoms with Gasteiger partial charge in [0.1, 0.15) is 0 Å². The van der Waals surface area contributed by atoms with Gasteiger partial charge in [-0.15, -0.1) is 0 Å². The van der Waals surface area contributed by atoms with Crippen LogP contribution in [0.3, 0.4) is 0 Å². The first-order valence-electron chi connectivity index (χ1n) is 8.06. The summed E-state index contributed by atoms with van der Waals surface area (Å²) >= 11 is 0. The minimum Gasteiger partial charge on any atom is -0.451 e. The fraction of sp³-hybridized carbons (Fsp3) is 0.368. The zero-order chi connectivity index (χ0) is 16.4. The lowest BCUT2D eigenvalue weighted by atomic mass is 9.96. The molecule has 0 N–H and O–H groups in total. The molecule has 0 aliphatic heterocycles. The monoisotopic (exact) mass is 311 g/mol. The Morgan fingerprint density at radius 3 is 2.61 bits per heavy atom. The number of benzene rings is 1. The van der Waals surface area contributed by atoms with Gasteiger partial charge in [-0.25, -0.2) is 4.79 Å². The first-order valence-corrected chi connectivity index (χ1v) is 8.06. The van der Waals surface area contributed by atoms with E-state index in [0.717, 1.165) is 29.9 Å². The standard InChI is InChI=1S/C19H21NO3/c1-13-12-16(14(2)20(13)15-8-4-3-5-9-15)19(22)23-18-11-7-6-10-17(18)21/h3-5,8-9,12,18H,6-7,10-11H2,1-2H3/t18-/m1/s1. The summed E-state index contributed by atoms with van der Waals surface area (Å²) in [6.07, 6.45) is 2.42. The van der Waals surface area contributed by atoms with Gasteiger partial charge in [0.25, 0.3) is 0 Å². The Bertz CT molecular complexity index is 731. The highest BCUT2D eigenvalue weighted by Gasteiger charge is 2.27. The molecule has 4 nitrogen and oxygen atoms in total. The van der Waals surface area contributed by atoms with Crippen molar-refractivity contribution in [2.24, 2.45) is 0 Å². The van der Waals surface area contributed by atoms with Crippen molar-refractivity contribution in [3.8, 4) is 5.69 Å². The molecular weight excluding hydrogens is 290 g/mol. The molecule has 1 aliphatic carbocycles. The third-order valence-corrected chi connectivity index (χ3v) is 4.41. The largest absolute Gasteiger partial charge is 0.451 e. The van der Waals surface area contributed by atoms with Gasteiger partial charge in [-0.3, -0.25) is 4.79 Å². The average molecular weight is 311 g/mol. The summed E-state index contributed by atoms with van der Waals surface area (Å²) in [5, 5.41) is 0. The van der Waals surface area contributed by atoms with E-state index >= 15 is 0 Å². The van der Waals surface area contributed by atoms with E-state index < -0.39 is 12.1 Å². The van der Waals surface area contributed by atoms with Crippen molar-refractivity contribution in [3.05, 3.63) is 53.3 Å². The number of carbonyl (C=O) groups is 2. The lowest BCUT2D eigenvalue weighted by Gasteiger charge is -2.20. The van der Waals surface area contributed by atoms with Crippen LogP contribution in [0.2, 0.25) is 0 Å². The lowest BCUT2D eigenvalue weighted by Crippen LogP contribution is -2.30. The van der Waals surface area contributed by atoms with Gasteiger partial charge in [0.15, 0.2) is 11.9 Å². The smallest absolute Gasteiger partial charge is 0.340 e. The zero-order valence-electron chi connectivity index (χ0n) is 13.5. The van der Waals surface area contributed by atoms with E-state index in [4.69, 9.17) is 4.74 Å². The van der Waals surface area contributed by atoms with E-state index in [9.17, 15) is 9.59 Å². The van der Waals surface area contributed by atoms with E-state index in [-0.39, 0.29) is 5.78 Å². The molecular formula is C19H21NO3. The second kappa shape index (κ2) is 6.41. The number of Topliss-reactive ketones (excluding diaryl/α,β-unsaturated/α-hetero) is 1. The number of nitrogens with zero attached hydrogens (tertiary/aromatic N) is 1. The second-order valence-corrected chi connectivity index (χ2v) is 6.06. The van der Waals surface area contributed by atoms with E-state index in [2.05, 4.69) is 0 Å². The predicted octanol–water partition coefficient (Wildman–Crippen LogP) is 3.76. The van der Waals surface area contributed by atoms with Crippen LogP contribution >= 0.6 is 0 Å². The number of hydrogen-bond donors (Lipinski definition) is 0. The summed E-state index contributed by atoms with van der Waals surface area (Å²) in [5.41, 5.74) is 3.34. The van der Waals surface area contributed by atoms with Crippen LogP contribution in [0.1, 0.15) is 47.4 Å². The third kappa shape index (κ3) is 3.07. The molecule has 1 fully saturated rings. The highest BCUT2D eigenvalue weighted by molar-refractivity contribution is 5.94. The highest BCUT2D eigenvalue weighted by Crippen LogP contribution is 2.24. The normalized spacial score (nSPS) is 18.0. The molecule has 120 valence electrons. The van der Waals surface area contributed by atoms with Crippen molar-refractivity contribution >= 4 is 11.8 Å². The van der Waals surface area contributed by atoms with Gasteiger partial charge in [-0.1, -0.05) is 18.2 Å². The fourth-order valence-corrected chi connectivity index (χ4v) is 3.21. The molecule has 1 saturated carbocycles. The molecule has 0 spiro atoms. The number of esters is 1. The summed E-state index contributed by atoms with van der Waals surface area (Å²) in [6.45, 7) is 3.86. The number of hydrogen-bond acceptors (Lipinski definition) is 3. The van der Waals surface area contributed by atoms with E-state index in [1.165, 1.54) is 0 Å². The third-order valence-electron chi connectivity index (χ3n) is 4.41.